The number of fused-ring (bicyclic) bond motifs is 1. The number of nitrogens with zero attached hydrogens (tertiary/aromatic N) is 4. The van der Waals surface area contributed by atoms with Gasteiger partial charge in [0, 0.05) is 36.8 Å². The average molecular weight is 326 g/mol. The van der Waals surface area contributed by atoms with Crippen LogP contribution in [0.4, 0.5) is 0 Å². The number of aromatic nitrogens is 3. The third kappa shape index (κ3) is 2.86. The Morgan fingerprint density at radius 1 is 1.43 bits per heavy atom. The molecule has 6 heteroatoms. The molecule has 23 heavy (non-hydrogen) atoms. The van der Waals surface area contributed by atoms with Crippen molar-refractivity contribution in [2.75, 3.05) is 13.1 Å². The molecule has 0 aliphatic carbocycles. The number of thiazole rings is 1. The quantitative estimate of drug-likeness (QED) is 0.744. The monoisotopic (exact) mass is 326 g/mol. The summed E-state index contributed by atoms with van der Waals surface area (Å²) in [5.74, 6) is 0.625. The Labute approximate surface area is 138 Å². The summed E-state index contributed by atoms with van der Waals surface area (Å²) in [5.41, 5.74) is 2.81. The Hall–Kier alpha value is -2.21. The van der Waals surface area contributed by atoms with E-state index in [0.29, 0.717) is 5.92 Å². The zero-order valence-electron chi connectivity index (χ0n) is 13.0. The van der Waals surface area contributed by atoms with Crippen LogP contribution in [0.5, 0.6) is 0 Å². The second-order valence-corrected chi connectivity index (χ2v) is 7.08. The van der Waals surface area contributed by atoms with Gasteiger partial charge in [0.15, 0.2) is 0 Å². The predicted octanol–water partition coefficient (Wildman–Crippen LogP) is 2.80. The van der Waals surface area contributed by atoms with E-state index in [1.165, 1.54) is 5.01 Å². The molecule has 3 aromatic heterocycles. The number of carbonyl (C=O) groups is 1. The fourth-order valence-corrected chi connectivity index (χ4v) is 4.04. The van der Waals surface area contributed by atoms with Crippen molar-refractivity contribution in [1.29, 1.82) is 0 Å². The first kappa shape index (κ1) is 14.4. The molecule has 4 heterocycles. The molecule has 118 valence electrons. The van der Waals surface area contributed by atoms with E-state index in [0.717, 1.165) is 42.7 Å². The molecule has 1 amide bonds. The van der Waals surface area contributed by atoms with Gasteiger partial charge in [0.25, 0.3) is 5.91 Å². The van der Waals surface area contributed by atoms with E-state index in [2.05, 4.69) is 15.3 Å². The van der Waals surface area contributed by atoms with Crippen LogP contribution in [0.3, 0.4) is 0 Å². The molecule has 0 saturated carbocycles. The van der Waals surface area contributed by atoms with Gasteiger partial charge in [-0.1, -0.05) is 0 Å². The molecule has 1 fully saturated rings. The van der Waals surface area contributed by atoms with Crippen LogP contribution in [0.1, 0.15) is 27.5 Å². The van der Waals surface area contributed by atoms with E-state index in [9.17, 15) is 4.79 Å². The molecule has 1 atom stereocenters. The second kappa shape index (κ2) is 5.77. The molecule has 0 aromatic carbocycles. The van der Waals surface area contributed by atoms with Crippen LogP contribution in [-0.4, -0.2) is 38.3 Å². The number of pyridine rings is 1. The highest BCUT2D eigenvalue weighted by atomic mass is 32.1. The van der Waals surface area contributed by atoms with Gasteiger partial charge < -0.3 is 9.30 Å². The van der Waals surface area contributed by atoms with Crippen molar-refractivity contribution in [1.82, 2.24) is 19.3 Å². The minimum absolute atomic E-state index is 0.110. The lowest BCUT2D eigenvalue weighted by atomic mass is 10.1. The lowest BCUT2D eigenvalue weighted by Crippen LogP contribution is -2.29. The topological polar surface area (TPSA) is 50.5 Å². The van der Waals surface area contributed by atoms with E-state index in [-0.39, 0.29) is 5.91 Å². The van der Waals surface area contributed by atoms with Gasteiger partial charge in [-0.2, -0.15) is 0 Å². The van der Waals surface area contributed by atoms with Gasteiger partial charge in [-0.3, -0.25) is 4.79 Å². The summed E-state index contributed by atoms with van der Waals surface area (Å²) in [6, 6.07) is 3.82. The highest BCUT2D eigenvalue weighted by Crippen LogP contribution is 2.24. The van der Waals surface area contributed by atoms with Crippen molar-refractivity contribution >= 4 is 22.8 Å². The summed E-state index contributed by atoms with van der Waals surface area (Å²) >= 11 is 1.72. The number of aryl methyl sites for hydroxylation is 1. The summed E-state index contributed by atoms with van der Waals surface area (Å²) in [4.78, 5) is 23.3. The lowest BCUT2D eigenvalue weighted by molar-refractivity contribution is 0.0786. The molecule has 1 unspecified atom stereocenters. The maximum Gasteiger partial charge on any atom is 0.255 e. The minimum atomic E-state index is 0.110. The largest absolute Gasteiger partial charge is 0.338 e. The van der Waals surface area contributed by atoms with Crippen LogP contribution in [0.15, 0.2) is 36.2 Å². The number of carbonyl (C=O) groups excluding carboxylic acids is 1. The van der Waals surface area contributed by atoms with Gasteiger partial charge in [-0.15, -0.1) is 11.3 Å². The Balaban J connectivity index is 1.45. The fraction of sp³-hybridized carbons (Fsp3) is 0.353. The number of likely N-dealkylation sites (tertiary alicyclic amines) is 1. The first-order valence-corrected chi connectivity index (χ1v) is 8.69. The minimum Gasteiger partial charge on any atom is -0.338 e. The number of imidazole rings is 1. The van der Waals surface area contributed by atoms with Crippen molar-refractivity contribution in [3.8, 4) is 0 Å². The van der Waals surface area contributed by atoms with Crippen LogP contribution >= 0.6 is 11.3 Å². The molecule has 0 spiro atoms. The standard InChI is InChI=1S/C17H18N4OS/c1-12-10-23-16(19-12)6-13-4-5-20(8-13)17(22)14-2-3-15-7-18-11-21(15)9-14/h2-3,7,9-11,13H,4-6,8H2,1H3. The SMILES string of the molecule is Cc1csc(CC2CCN(C(=O)c3ccc4cncn4c3)C2)n1. The van der Waals surface area contributed by atoms with Crippen molar-refractivity contribution in [3.63, 3.8) is 0 Å². The second-order valence-electron chi connectivity index (χ2n) is 6.14. The molecule has 1 aliphatic rings. The Kier molecular flexibility index (Phi) is 3.61. The number of hydrogen-bond donors (Lipinski definition) is 0. The summed E-state index contributed by atoms with van der Waals surface area (Å²) in [6.07, 6.45) is 7.41. The Morgan fingerprint density at radius 3 is 3.17 bits per heavy atom. The average Bonchev–Trinajstić information content (AvgIpc) is 3.27. The summed E-state index contributed by atoms with van der Waals surface area (Å²) < 4.78 is 1.89. The third-order valence-electron chi connectivity index (χ3n) is 4.36. The van der Waals surface area contributed by atoms with Gasteiger partial charge in [0.05, 0.1) is 28.6 Å². The van der Waals surface area contributed by atoms with Crippen molar-refractivity contribution < 1.29 is 4.79 Å². The van der Waals surface area contributed by atoms with Gasteiger partial charge in [-0.05, 0) is 31.4 Å². The predicted molar refractivity (Wildman–Crippen MR) is 89.8 cm³/mol. The van der Waals surface area contributed by atoms with Gasteiger partial charge >= 0.3 is 0 Å². The van der Waals surface area contributed by atoms with Crippen molar-refractivity contribution in [2.45, 2.75) is 19.8 Å². The molecule has 0 bridgehead atoms. The highest BCUT2D eigenvalue weighted by Gasteiger charge is 2.27. The van der Waals surface area contributed by atoms with Crippen LogP contribution in [-0.2, 0) is 6.42 Å². The van der Waals surface area contributed by atoms with Crippen LogP contribution in [0.2, 0.25) is 0 Å². The third-order valence-corrected chi connectivity index (χ3v) is 5.35. The Bertz CT molecular complexity index is 853. The summed E-state index contributed by atoms with van der Waals surface area (Å²) in [5, 5.41) is 3.27. The number of hydrogen-bond acceptors (Lipinski definition) is 4. The fourth-order valence-electron chi connectivity index (χ4n) is 3.16. The maximum absolute atomic E-state index is 12.7. The van der Waals surface area contributed by atoms with Crippen LogP contribution in [0.25, 0.3) is 5.52 Å². The number of rotatable bonds is 3. The molecular formula is C17H18N4OS. The molecule has 3 aromatic rings. The van der Waals surface area contributed by atoms with Crippen molar-refractivity contribution in [2.24, 2.45) is 5.92 Å². The summed E-state index contributed by atoms with van der Waals surface area (Å²) in [7, 11) is 0. The van der Waals surface area contributed by atoms with Crippen LogP contribution in [0, 0.1) is 12.8 Å². The first-order chi connectivity index (χ1) is 11.2. The molecule has 0 N–H and O–H groups in total. The molecule has 1 aliphatic heterocycles. The molecule has 5 nitrogen and oxygen atoms in total. The molecule has 0 radical (unpaired) electrons. The van der Waals surface area contributed by atoms with E-state index in [4.69, 9.17) is 0 Å². The number of amides is 1. The molecule has 1 saturated heterocycles. The zero-order valence-corrected chi connectivity index (χ0v) is 13.8. The molecular weight excluding hydrogens is 308 g/mol. The highest BCUT2D eigenvalue weighted by molar-refractivity contribution is 7.09. The van der Waals surface area contributed by atoms with Gasteiger partial charge in [-0.25, -0.2) is 9.97 Å². The smallest absolute Gasteiger partial charge is 0.255 e. The van der Waals surface area contributed by atoms with Gasteiger partial charge in [0.1, 0.15) is 0 Å². The summed E-state index contributed by atoms with van der Waals surface area (Å²) in [6.45, 7) is 3.67. The normalized spacial score (nSPS) is 18.0. The lowest BCUT2D eigenvalue weighted by Gasteiger charge is -2.16. The molecule has 4 rings (SSSR count). The first-order valence-electron chi connectivity index (χ1n) is 7.81. The van der Waals surface area contributed by atoms with E-state index < -0.39 is 0 Å². The zero-order chi connectivity index (χ0) is 15.8. The van der Waals surface area contributed by atoms with Gasteiger partial charge in [0.2, 0.25) is 0 Å². The Morgan fingerprint density at radius 2 is 2.35 bits per heavy atom. The van der Waals surface area contributed by atoms with Crippen LogP contribution < -0.4 is 0 Å². The maximum atomic E-state index is 12.7. The van der Waals surface area contributed by atoms with E-state index in [1.54, 1.807) is 23.9 Å². The van der Waals surface area contributed by atoms with E-state index >= 15 is 0 Å². The van der Waals surface area contributed by atoms with Crippen molar-refractivity contribution in [3.05, 3.63) is 52.5 Å². The van der Waals surface area contributed by atoms with E-state index in [1.807, 2.05) is 34.6 Å².